The van der Waals surface area contributed by atoms with Crippen molar-refractivity contribution in [2.45, 2.75) is 129 Å². The number of carbonyl (C=O) groups is 1. The van der Waals surface area contributed by atoms with Gasteiger partial charge in [-0.05, 0) is 12.8 Å². The van der Waals surface area contributed by atoms with E-state index in [4.69, 9.17) is 0 Å². The molecule has 29 heavy (non-hydrogen) atoms. The molecule has 1 aromatic heterocycles. The fourth-order valence-electron chi connectivity index (χ4n) is 4.15. The van der Waals surface area contributed by atoms with Crippen LogP contribution in [0.15, 0.2) is 12.4 Å². The summed E-state index contributed by atoms with van der Waals surface area (Å²) in [6.45, 7) is 3.05. The number of imidazole rings is 1. The Morgan fingerprint density at radius 3 is 1.52 bits per heavy atom. The second-order valence-electron chi connectivity index (χ2n) is 8.72. The molecule has 0 unspecified atom stereocenters. The second kappa shape index (κ2) is 17.5. The zero-order valence-electron chi connectivity index (χ0n) is 19.3. The maximum Gasteiger partial charge on any atom is 0.304 e. The first kappa shape index (κ1) is 25.7. The minimum Gasteiger partial charge on any atom is -0.538 e. The van der Waals surface area contributed by atoms with Gasteiger partial charge in [-0.15, -0.1) is 0 Å². The summed E-state index contributed by atoms with van der Waals surface area (Å²) >= 11 is 0. The van der Waals surface area contributed by atoms with Crippen LogP contribution in [0.1, 0.15) is 133 Å². The van der Waals surface area contributed by atoms with E-state index in [0.29, 0.717) is 0 Å². The first-order valence-corrected chi connectivity index (χ1v) is 12.4. The van der Waals surface area contributed by atoms with Crippen molar-refractivity contribution in [1.82, 2.24) is 4.57 Å². The SMILES string of the molecule is CCCCCCCCCCCCCCCCCCCCn1cc[n+](C)c1C(=O)[O-]. The monoisotopic (exact) mass is 406 g/mol. The molecule has 1 heterocycles. The van der Waals surface area contributed by atoms with E-state index in [1.165, 1.54) is 109 Å². The molecule has 0 radical (unpaired) electrons. The molecule has 0 spiro atoms. The molecule has 1 rings (SSSR count). The van der Waals surface area contributed by atoms with Gasteiger partial charge in [0, 0.05) is 0 Å². The highest BCUT2D eigenvalue weighted by Gasteiger charge is 2.14. The first-order chi connectivity index (χ1) is 14.2. The number of aromatic nitrogens is 2. The highest BCUT2D eigenvalue weighted by molar-refractivity contribution is 5.79. The van der Waals surface area contributed by atoms with Crippen molar-refractivity contribution in [2.24, 2.45) is 7.05 Å². The predicted octanol–water partition coefficient (Wildman–Crippen LogP) is 5.72. The molecule has 0 aromatic carbocycles. The van der Waals surface area contributed by atoms with Crippen molar-refractivity contribution >= 4 is 5.97 Å². The summed E-state index contributed by atoms with van der Waals surface area (Å²) in [5, 5.41) is 11.1. The number of carboxylic acid groups (broad SMARTS) is 1. The van der Waals surface area contributed by atoms with Crippen LogP contribution in [-0.4, -0.2) is 10.5 Å². The number of carbonyl (C=O) groups excluding carboxylic acids is 1. The number of hydrogen-bond acceptors (Lipinski definition) is 2. The van der Waals surface area contributed by atoms with Gasteiger partial charge in [0.15, 0.2) is 5.97 Å². The van der Waals surface area contributed by atoms with Gasteiger partial charge in [0.1, 0.15) is 12.4 Å². The third-order valence-corrected chi connectivity index (χ3v) is 6.01. The Labute approximate surface area is 179 Å². The van der Waals surface area contributed by atoms with Crippen LogP contribution in [0.3, 0.4) is 0 Å². The van der Waals surface area contributed by atoms with Gasteiger partial charge in [0.05, 0.1) is 13.6 Å². The van der Waals surface area contributed by atoms with Gasteiger partial charge < -0.3 is 9.90 Å². The standard InChI is InChI=1S/C25H46N2O2/c1-3-4-5-6-7-8-9-10-11-12-13-14-15-16-17-18-19-20-21-27-23-22-26(2)24(27)25(28)29/h22-23H,3-21H2,1-2H3. The molecule has 0 atom stereocenters. The average molecular weight is 407 g/mol. The normalized spacial score (nSPS) is 11.2. The lowest BCUT2D eigenvalue weighted by atomic mass is 10.0. The van der Waals surface area contributed by atoms with E-state index in [9.17, 15) is 9.90 Å². The van der Waals surface area contributed by atoms with Crippen LogP contribution < -0.4 is 9.67 Å². The molecular formula is C25H46N2O2. The topological polar surface area (TPSA) is 48.9 Å². The van der Waals surface area contributed by atoms with Crippen LogP contribution >= 0.6 is 0 Å². The Morgan fingerprint density at radius 1 is 0.759 bits per heavy atom. The number of nitrogens with zero attached hydrogens (tertiary/aromatic N) is 2. The van der Waals surface area contributed by atoms with E-state index in [1.807, 2.05) is 6.20 Å². The Balaban J connectivity index is 1.81. The van der Waals surface area contributed by atoms with Crippen LogP contribution in [0.25, 0.3) is 0 Å². The maximum atomic E-state index is 11.1. The van der Waals surface area contributed by atoms with E-state index in [1.54, 1.807) is 22.4 Å². The van der Waals surface area contributed by atoms with Gasteiger partial charge >= 0.3 is 5.82 Å². The molecule has 0 fully saturated rings. The summed E-state index contributed by atoms with van der Waals surface area (Å²) in [5.41, 5.74) is 0. The maximum absolute atomic E-state index is 11.1. The molecule has 4 nitrogen and oxygen atoms in total. The largest absolute Gasteiger partial charge is 0.538 e. The summed E-state index contributed by atoms with van der Waals surface area (Å²) in [6.07, 6.45) is 28.2. The Bertz CT molecular complexity index is 525. The zero-order valence-corrected chi connectivity index (χ0v) is 19.3. The molecule has 0 amide bonds. The van der Waals surface area contributed by atoms with Crippen molar-refractivity contribution in [3.05, 3.63) is 18.2 Å². The molecule has 0 aliphatic heterocycles. The van der Waals surface area contributed by atoms with Crippen molar-refractivity contribution in [2.75, 3.05) is 0 Å². The average Bonchev–Trinajstić information content (AvgIpc) is 3.07. The van der Waals surface area contributed by atoms with Gasteiger partial charge in [0.2, 0.25) is 0 Å². The molecule has 0 aliphatic carbocycles. The summed E-state index contributed by atoms with van der Waals surface area (Å²) in [7, 11) is 1.75. The van der Waals surface area contributed by atoms with E-state index in [0.717, 1.165) is 13.0 Å². The predicted molar refractivity (Wildman–Crippen MR) is 119 cm³/mol. The van der Waals surface area contributed by atoms with Crippen LogP contribution in [0.4, 0.5) is 0 Å². The van der Waals surface area contributed by atoms with Crippen LogP contribution in [-0.2, 0) is 13.6 Å². The quantitative estimate of drug-likeness (QED) is 0.205. The van der Waals surface area contributed by atoms with E-state index < -0.39 is 5.97 Å². The van der Waals surface area contributed by atoms with Crippen LogP contribution in [0, 0.1) is 0 Å². The number of hydrogen-bond donors (Lipinski definition) is 0. The van der Waals surface area contributed by atoms with Gasteiger partial charge in [-0.25, -0.2) is 9.13 Å². The minimum atomic E-state index is -1.10. The highest BCUT2D eigenvalue weighted by Crippen LogP contribution is 2.14. The number of unbranched alkanes of at least 4 members (excludes halogenated alkanes) is 17. The van der Waals surface area contributed by atoms with Crippen molar-refractivity contribution in [3.63, 3.8) is 0 Å². The number of rotatable bonds is 20. The lowest BCUT2D eigenvalue weighted by Crippen LogP contribution is -2.41. The second-order valence-corrected chi connectivity index (χ2v) is 8.72. The lowest BCUT2D eigenvalue weighted by Gasteiger charge is -2.04. The Morgan fingerprint density at radius 2 is 1.14 bits per heavy atom. The smallest absolute Gasteiger partial charge is 0.304 e. The summed E-state index contributed by atoms with van der Waals surface area (Å²) in [5.74, 6) is -0.836. The summed E-state index contributed by atoms with van der Waals surface area (Å²) in [6, 6.07) is 0. The molecule has 0 saturated heterocycles. The summed E-state index contributed by atoms with van der Waals surface area (Å²) in [4.78, 5) is 11.1. The third kappa shape index (κ3) is 12.8. The van der Waals surface area contributed by atoms with Gasteiger partial charge in [-0.2, -0.15) is 0 Å². The van der Waals surface area contributed by atoms with Gasteiger partial charge in [-0.3, -0.25) is 0 Å². The number of carboxylic acids is 1. The number of aryl methyl sites for hydroxylation is 2. The Hall–Kier alpha value is -1.32. The molecule has 1 aromatic rings. The fourth-order valence-corrected chi connectivity index (χ4v) is 4.15. The minimum absolute atomic E-state index is 0.261. The van der Waals surface area contributed by atoms with Crippen LogP contribution in [0.2, 0.25) is 0 Å². The zero-order chi connectivity index (χ0) is 21.2. The molecular weight excluding hydrogens is 360 g/mol. The Kier molecular flexibility index (Phi) is 15.5. The van der Waals surface area contributed by atoms with Crippen LogP contribution in [0.5, 0.6) is 0 Å². The van der Waals surface area contributed by atoms with Crippen molar-refractivity contribution in [1.29, 1.82) is 0 Å². The van der Waals surface area contributed by atoms with Crippen molar-refractivity contribution in [3.8, 4) is 0 Å². The highest BCUT2D eigenvalue weighted by atomic mass is 16.4. The van der Waals surface area contributed by atoms with Gasteiger partial charge in [-0.1, -0.05) is 110 Å². The third-order valence-electron chi connectivity index (χ3n) is 6.01. The van der Waals surface area contributed by atoms with E-state index in [2.05, 4.69) is 6.92 Å². The van der Waals surface area contributed by atoms with Crippen molar-refractivity contribution < 1.29 is 14.5 Å². The molecule has 0 N–H and O–H groups in total. The van der Waals surface area contributed by atoms with Gasteiger partial charge in [0.25, 0.3) is 0 Å². The molecule has 0 bridgehead atoms. The lowest BCUT2D eigenvalue weighted by molar-refractivity contribution is -0.675. The first-order valence-electron chi connectivity index (χ1n) is 12.4. The summed E-state index contributed by atoms with van der Waals surface area (Å²) < 4.78 is 3.41. The fraction of sp³-hybridized carbons (Fsp3) is 0.840. The molecule has 4 heteroatoms. The van der Waals surface area contributed by atoms with E-state index in [-0.39, 0.29) is 5.82 Å². The van der Waals surface area contributed by atoms with E-state index >= 15 is 0 Å². The molecule has 0 saturated carbocycles. The molecule has 168 valence electrons. The number of aromatic carboxylic acids is 1. The molecule has 0 aliphatic rings.